The van der Waals surface area contributed by atoms with E-state index in [1.807, 2.05) is 6.92 Å². The maximum atomic E-state index is 12.0. The van der Waals surface area contributed by atoms with Crippen LogP contribution in [0.3, 0.4) is 0 Å². The van der Waals surface area contributed by atoms with Crippen LogP contribution in [0.25, 0.3) is 0 Å². The highest BCUT2D eigenvalue weighted by Gasteiger charge is 2.27. The van der Waals surface area contributed by atoms with Gasteiger partial charge in [-0.2, -0.15) is 0 Å². The van der Waals surface area contributed by atoms with Crippen LogP contribution in [0.15, 0.2) is 0 Å². The molecule has 0 saturated carbocycles. The lowest BCUT2D eigenvalue weighted by Gasteiger charge is -2.30. The lowest BCUT2D eigenvalue weighted by molar-refractivity contribution is 0.318. The molecule has 1 aliphatic rings. The van der Waals surface area contributed by atoms with Gasteiger partial charge in [0.25, 0.3) is 0 Å². The van der Waals surface area contributed by atoms with Crippen LogP contribution in [0.5, 0.6) is 0 Å². The number of piperidine rings is 1. The van der Waals surface area contributed by atoms with E-state index in [-0.39, 0.29) is 5.25 Å². The van der Waals surface area contributed by atoms with Crippen LogP contribution < -0.4 is 5.32 Å². The molecule has 1 atom stereocenters. The fourth-order valence-electron chi connectivity index (χ4n) is 2.04. The van der Waals surface area contributed by atoms with Crippen LogP contribution >= 0.6 is 0 Å². The summed E-state index contributed by atoms with van der Waals surface area (Å²) in [6.07, 6.45) is 3.50. The molecule has 1 heterocycles. The van der Waals surface area contributed by atoms with Crippen molar-refractivity contribution in [2.24, 2.45) is 0 Å². The minimum Gasteiger partial charge on any atom is -0.313 e. The van der Waals surface area contributed by atoms with Crippen molar-refractivity contribution in [2.45, 2.75) is 51.3 Å². The fraction of sp³-hybridized carbons (Fsp3) is 1.00. The van der Waals surface area contributed by atoms with Gasteiger partial charge in [-0.05, 0) is 33.2 Å². The van der Waals surface area contributed by atoms with E-state index in [2.05, 4.69) is 5.32 Å². The van der Waals surface area contributed by atoms with E-state index in [4.69, 9.17) is 0 Å². The number of nitrogens with zero attached hydrogens (tertiary/aromatic N) is 1. The molecule has 1 rings (SSSR count). The number of sulfonamides is 1. The van der Waals surface area contributed by atoms with Crippen molar-refractivity contribution in [1.29, 1.82) is 0 Å². The Balaban J connectivity index is 2.60. The summed E-state index contributed by atoms with van der Waals surface area (Å²) in [6.45, 7) is 7.60. The van der Waals surface area contributed by atoms with Crippen molar-refractivity contribution in [2.75, 3.05) is 19.6 Å². The standard InChI is InChI=1S/C11H24N2O2S/c1-4-13(16(14,15)10(2)3)9-11-7-5-6-8-12-11/h10-12H,4-9H2,1-3H3. The molecule has 1 fully saturated rings. The number of hydrogen-bond donors (Lipinski definition) is 1. The molecule has 1 aliphatic heterocycles. The van der Waals surface area contributed by atoms with E-state index in [1.165, 1.54) is 12.8 Å². The van der Waals surface area contributed by atoms with E-state index >= 15 is 0 Å². The smallest absolute Gasteiger partial charge is 0.216 e. The largest absolute Gasteiger partial charge is 0.313 e. The maximum absolute atomic E-state index is 12.0. The molecular formula is C11H24N2O2S. The van der Waals surface area contributed by atoms with E-state index in [1.54, 1.807) is 18.2 Å². The van der Waals surface area contributed by atoms with Crippen molar-refractivity contribution in [3.63, 3.8) is 0 Å². The van der Waals surface area contributed by atoms with Gasteiger partial charge in [0.1, 0.15) is 0 Å². The van der Waals surface area contributed by atoms with Gasteiger partial charge in [0.05, 0.1) is 5.25 Å². The number of hydrogen-bond acceptors (Lipinski definition) is 3. The highest BCUT2D eigenvalue weighted by atomic mass is 32.2. The second-order valence-electron chi connectivity index (χ2n) is 4.69. The maximum Gasteiger partial charge on any atom is 0.216 e. The van der Waals surface area contributed by atoms with Crippen molar-refractivity contribution in [1.82, 2.24) is 9.62 Å². The molecular weight excluding hydrogens is 224 g/mol. The van der Waals surface area contributed by atoms with Gasteiger partial charge in [0.2, 0.25) is 10.0 Å². The third-order valence-corrected chi connectivity index (χ3v) is 5.46. The molecule has 96 valence electrons. The minimum absolute atomic E-state index is 0.323. The summed E-state index contributed by atoms with van der Waals surface area (Å²) in [7, 11) is -3.10. The first-order valence-corrected chi connectivity index (χ1v) is 7.71. The van der Waals surface area contributed by atoms with E-state index < -0.39 is 10.0 Å². The summed E-state index contributed by atoms with van der Waals surface area (Å²) in [5.41, 5.74) is 0. The van der Waals surface area contributed by atoms with Crippen molar-refractivity contribution in [3.8, 4) is 0 Å². The van der Waals surface area contributed by atoms with Crippen LogP contribution in [0.1, 0.15) is 40.0 Å². The Labute approximate surface area is 99.5 Å². The van der Waals surface area contributed by atoms with E-state index in [9.17, 15) is 8.42 Å². The fourth-order valence-corrected chi connectivity index (χ4v) is 3.38. The monoisotopic (exact) mass is 248 g/mol. The first kappa shape index (κ1) is 13.9. The zero-order chi connectivity index (χ0) is 12.2. The second-order valence-corrected chi connectivity index (χ2v) is 7.18. The molecule has 5 heteroatoms. The van der Waals surface area contributed by atoms with Crippen LogP contribution in [-0.4, -0.2) is 43.6 Å². The molecule has 4 nitrogen and oxygen atoms in total. The number of nitrogens with one attached hydrogen (secondary N) is 1. The SMILES string of the molecule is CCN(CC1CCCCN1)S(=O)(=O)C(C)C. The summed E-state index contributed by atoms with van der Waals surface area (Å²) >= 11 is 0. The molecule has 0 spiro atoms. The lowest BCUT2D eigenvalue weighted by atomic mass is 10.1. The van der Waals surface area contributed by atoms with Gasteiger partial charge in [-0.3, -0.25) is 0 Å². The quantitative estimate of drug-likeness (QED) is 0.795. The van der Waals surface area contributed by atoms with Gasteiger partial charge >= 0.3 is 0 Å². The molecule has 0 bridgehead atoms. The van der Waals surface area contributed by atoms with Gasteiger partial charge in [0.15, 0.2) is 0 Å². The van der Waals surface area contributed by atoms with Crippen LogP contribution in [0.2, 0.25) is 0 Å². The van der Waals surface area contributed by atoms with Crippen LogP contribution in [0, 0.1) is 0 Å². The summed E-state index contributed by atoms with van der Waals surface area (Å²) in [5.74, 6) is 0. The molecule has 1 saturated heterocycles. The summed E-state index contributed by atoms with van der Waals surface area (Å²) in [6, 6.07) is 0.335. The Bertz CT molecular complexity index is 295. The zero-order valence-electron chi connectivity index (χ0n) is 10.6. The van der Waals surface area contributed by atoms with Gasteiger partial charge < -0.3 is 5.32 Å². The average molecular weight is 248 g/mol. The van der Waals surface area contributed by atoms with Gasteiger partial charge in [0, 0.05) is 19.1 Å². The van der Waals surface area contributed by atoms with Gasteiger partial charge in [-0.25, -0.2) is 12.7 Å². The van der Waals surface area contributed by atoms with Gasteiger partial charge in [-0.1, -0.05) is 13.3 Å². The minimum atomic E-state index is -3.10. The zero-order valence-corrected chi connectivity index (χ0v) is 11.4. The molecule has 0 amide bonds. The molecule has 1 unspecified atom stereocenters. The van der Waals surface area contributed by atoms with Crippen LogP contribution in [0.4, 0.5) is 0 Å². The predicted molar refractivity (Wildman–Crippen MR) is 66.9 cm³/mol. The summed E-state index contributed by atoms with van der Waals surface area (Å²) < 4.78 is 25.7. The molecule has 0 aromatic rings. The number of rotatable bonds is 5. The Morgan fingerprint density at radius 2 is 2.06 bits per heavy atom. The second kappa shape index (κ2) is 5.98. The normalized spacial score (nSPS) is 22.9. The Morgan fingerprint density at radius 1 is 1.38 bits per heavy atom. The first-order valence-electron chi connectivity index (χ1n) is 6.20. The average Bonchev–Trinajstić information content (AvgIpc) is 2.26. The van der Waals surface area contributed by atoms with Crippen LogP contribution in [-0.2, 0) is 10.0 Å². The Kier molecular flexibility index (Phi) is 5.21. The summed E-state index contributed by atoms with van der Waals surface area (Å²) in [5, 5.41) is 3.07. The third kappa shape index (κ3) is 3.43. The van der Waals surface area contributed by atoms with Crippen molar-refractivity contribution >= 4 is 10.0 Å². The van der Waals surface area contributed by atoms with Crippen molar-refractivity contribution in [3.05, 3.63) is 0 Å². The Hall–Kier alpha value is -0.130. The van der Waals surface area contributed by atoms with E-state index in [0.29, 0.717) is 19.1 Å². The molecule has 0 aromatic heterocycles. The molecule has 0 aliphatic carbocycles. The first-order chi connectivity index (χ1) is 7.48. The Morgan fingerprint density at radius 3 is 2.50 bits per heavy atom. The molecule has 0 aromatic carbocycles. The highest BCUT2D eigenvalue weighted by Crippen LogP contribution is 2.13. The van der Waals surface area contributed by atoms with Crippen molar-refractivity contribution < 1.29 is 8.42 Å². The van der Waals surface area contributed by atoms with Gasteiger partial charge in [-0.15, -0.1) is 0 Å². The molecule has 16 heavy (non-hydrogen) atoms. The predicted octanol–water partition coefficient (Wildman–Crippen LogP) is 1.19. The van der Waals surface area contributed by atoms with E-state index in [0.717, 1.165) is 13.0 Å². The lowest BCUT2D eigenvalue weighted by Crippen LogP contribution is -2.47. The molecule has 1 N–H and O–H groups in total. The highest BCUT2D eigenvalue weighted by molar-refractivity contribution is 7.89. The topological polar surface area (TPSA) is 49.4 Å². The third-order valence-electron chi connectivity index (χ3n) is 3.14. The number of likely N-dealkylation sites (N-methyl/N-ethyl adjacent to an activating group) is 1. The summed E-state index contributed by atoms with van der Waals surface area (Å²) in [4.78, 5) is 0. The molecule has 0 radical (unpaired) electrons.